The molecule has 0 bridgehead atoms. The fourth-order valence-corrected chi connectivity index (χ4v) is 5.57. The second kappa shape index (κ2) is 8.44. The first-order valence-corrected chi connectivity index (χ1v) is 11.7. The van der Waals surface area contributed by atoms with Crippen LogP contribution in [-0.4, -0.2) is 64.8 Å². The van der Waals surface area contributed by atoms with Crippen LogP contribution in [0.5, 0.6) is 5.75 Å². The van der Waals surface area contributed by atoms with Gasteiger partial charge in [0.1, 0.15) is 23.4 Å². The molecule has 4 heterocycles. The number of nitrogens with two attached hydrogens (primary N) is 1. The number of hydrogen-bond acceptors (Lipinski definition) is 7. The Morgan fingerprint density at radius 2 is 2.09 bits per heavy atom. The molecule has 0 aromatic carbocycles. The highest BCUT2D eigenvalue weighted by Gasteiger charge is 2.41. The predicted molar refractivity (Wildman–Crippen MR) is 123 cm³/mol. The van der Waals surface area contributed by atoms with Gasteiger partial charge in [0.15, 0.2) is 0 Å². The van der Waals surface area contributed by atoms with Crippen molar-refractivity contribution in [2.45, 2.75) is 51.7 Å². The summed E-state index contributed by atoms with van der Waals surface area (Å²) in [5, 5.41) is 0.727. The van der Waals surface area contributed by atoms with E-state index in [4.69, 9.17) is 15.5 Å². The van der Waals surface area contributed by atoms with Crippen LogP contribution < -0.4 is 10.5 Å². The average molecular weight is 458 g/mol. The number of carbonyl (C=O) groups is 2. The SMILES string of the molecule is CN(C)C[C@@H]1CCN(C(=O)Cc2nc3c(s2)-c2cc(C(C)(C)C)ncc2OC3)[C@@H]1C(N)=O. The lowest BCUT2D eigenvalue weighted by Crippen LogP contribution is -2.48. The van der Waals surface area contributed by atoms with Gasteiger partial charge in [-0.15, -0.1) is 11.3 Å². The van der Waals surface area contributed by atoms with E-state index >= 15 is 0 Å². The summed E-state index contributed by atoms with van der Waals surface area (Å²) in [6.45, 7) is 8.00. The largest absolute Gasteiger partial charge is 0.485 e. The number of rotatable bonds is 5. The van der Waals surface area contributed by atoms with Gasteiger partial charge >= 0.3 is 0 Å². The summed E-state index contributed by atoms with van der Waals surface area (Å²) in [5.41, 5.74) is 8.39. The van der Waals surface area contributed by atoms with Gasteiger partial charge in [-0.1, -0.05) is 20.8 Å². The molecule has 172 valence electrons. The molecule has 0 aliphatic carbocycles. The lowest BCUT2D eigenvalue weighted by molar-refractivity contribution is -0.137. The van der Waals surface area contributed by atoms with Gasteiger partial charge < -0.3 is 20.3 Å². The zero-order chi connectivity index (χ0) is 23.2. The molecule has 0 saturated carbocycles. The first-order valence-electron chi connectivity index (χ1n) is 10.9. The number of hydrogen-bond donors (Lipinski definition) is 1. The minimum atomic E-state index is -0.566. The highest BCUT2D eigenvalue weighted by Crippen LogP contribution is 2.42. The Morgan fingerprint density at radius 3 is 2.75 bits per heavy atom. The second-order valence-electron chi connectivity index (χ2n) is 9.91. The van der Waals surface area contributed by atoms with Gasteiger partial charge in [0, 0.05) is 35.7 Å². The number of pyridine rings is 1. The van der Waals surface area contributed by atoms with E-state index in [1.54, 1.807) is 11.1 Å². The van der Waals surface area contributed by atoms with Crippen molar-refractivity contribution in [3.63, 3.8) is 0 Å². The minimum Gasteiger partial charge on any atom is -0.485 e. The van der Waals surface area contributed by atoms with Crippen molar-refractivity contribution in [3.8, 4) is 16.2 Å². The van der Waals surface area contributed by atoms with Crippen molar-refractivity contribution >= 4 is 23.2 Å². The van der Waals surface area contributed by atoms with Crippen molar-refractivity contribution in [1.82, 2.24) is 19.8 Å². The molecule has 2 amide bonds. The number of amides is 2. The molecule has 2 atom stereocenters. The van der Waals surface area contributed by atoms with Crippen LogP contribution in [0, 0.1) is 5.92 Å². The Labute approximate surface area is 192 Å². The van der Waals surface area contributed by atoms with E-state index in [0.717, 1.165) is 45.6 Å². The molecule has 0 unspecified atom stereocenters. The van der Waals surface area contributed by atoms with Crippen LogP contribution in [0.3, 0.4) is 0 Å². The van der Waals surface area contributed by atoms with Crippen molar-refractivity contribution < 1.29 is 14.3 Å². The number of likely N-dealkylation sites (tertiary alicyclic amines) is 1. The van der Waals surface area contributed by atoms with Crippen molar-refractivity contribution in [2.75, 3.05) is 27.2 Å². The topological polar surface area (TPSA) is 102 Å². The van der Waals surface area contributed by atoms with Crippen molar-refractivity contribution in [2.24, 2.45) is 11.7 Å². The van der Waals surface area contributed by atoms with E-state index in [0.29, 0.717) is 13.2 Å². The summed E-state index contributed by atoms with van der Waals surface area (Å²) in [6.07, 6.45) is 2.70. The molecule has 32 heavy (non-hydrogen) atoms. The fraction of sp³-hybridized carbons (Fsp3) is 0.565. The lowest BCUT2D eigenvalue weighted by Gasteiger charge is -2.26. The zero-order valence-corrected chi connectivity index (χ0v) is 20.2. The molecule has 2 aliphatic heterocycles. The van der Waals surface area contributed by atoms with E-state index < -0.39 is 11.9 Å². The Bertz CT molecular complexity index is 1040. The van der Waals surface area contributed by atoms with Crippen molar-refractivity contribution in [3.05, 3.63) is 28.7 Å². The molecular formula is C23H31N5O3S. The maximum absolute atomic E-state index is 13.1. The molecule has 2 aromatic rings. The second-order valence-corrected chi connectivity index (χ2v) is 11.0. The third-order valence-electron chi connectivity index (χ3n) is 6.02. The third kappa shape index (κ3) is 4.36. The summed E-state index contributed by atoms with van der Waals surface area (Å²) in [4.78, 5) is 39.2. The van der Waals surface area contributed by atoms with Crippen LogP contribution in [-0.2, 0) is 28.0 Å². The maximum Gasteiger partial charge on any atom is 0.240 e. The number of primary amides is 1. The van der Waals surface area contributed by atoms with Crippen LogP contribution in [0.15, 0.2) is 12.3 Å². The highest BCUT2D eigenvalue weighted by molar-refractivity contribution is 7.15. The number of thiazole rings is 1. The first kappa shape index (κ1) is 22.7. The fourth-order valence-electron chi connectivity index (χ4n) is 4.49. The molecule has 8 nitrogen and oxygen atoms in total. The molecule has 2 N–H and O–H groups in total. The summed E-state index contributed by atoms with van der Waals surface area (Å²) in [5.74, 6) is 0.254. The van der Waals surface area contributed by atoms with Gasteiger partial charge in [-0.05, 0) is 26.6 Å². The van der Waals surface area contributed by atoms with E-state index in [1.807, 2.05) is 19.0 Å². The smallest absolute Gasteiger partial charge is 0.240 e. The molecular weight excluding hydrogens is 426 g/mol. The Hall–Kier alpha value is -2.52. The third-order valence-corrected chi connectivity index (χ3v) is 7.15. The van der Waals surface area contributed by atoms with E-state index in [-0.39, 0.29) is 23.7 Å². The average Bonchev–Trinajstić information content (AvgIpc) is 3.30. The van der Waals surface area contributed by atoms with E-state index in [1.165, 1.54) is 11.3 Å². The molecule has 0 radical (unpaired) electrons. The molecule has 4 rings (SSSR count). The summed E-state index contributed by atoms with van der Waals surface area (Å²) < 4.78 is 5.86. The van der Waals surface area contributed by atoms with Gasteiger partial charge in [-0.3, -0.25) is 14.6 Å². The highest BCUT2D eigenvalue weighted by atomic mass is 32.1. The summed E-state index contributed by atoms with van der Waals surface area (Å²) in [7, 11) is 3.92. The van der Waals surface area contributed by atoms with Gasteiger partial charge in [0.2, 0.25) is 11.8 Å². The molecule has 0 spiro atoms. The minimum absolute atomic E-state index is 0.0551. The first-order chi connectivity index (χ1) is 15.0. The predicted octanol–water partition coefficient (Wildman–Crippen LogP) is 2.20. The number of nitrogens with zero attached hydrogens (tertiary/aromatic N) is 4. The van der Waals surface area contributed by atoms with Crippen LogP contribution in [0.25, 0.3) is 10.4 Å². The quantitative estimate of drug-likeness (QED) is 0.739. The van der Waals surface area contributed by atoms with Gasteiger partial charge in [0.05, 0.1) is 23.2 Å². The normalized spacial score (nSPS) is 20.1. The number of fused-ring (bicyclic) bond motifs is 3. The van der Waals surface area contributed by atoms with Gasteiger partial charge in [-0.25, -0.2) is 4.98 Å². The zero-order valence-electron chi connectivity index (χ0n) is 19.3. The molecule has 2 aliphatic rings. The summed E-state index contributed by atoms with van der Waals surface area (Å²) in [6, 6.07) is 1.50. The van der Waals surface area contributed by atoms with Crippen LogP contribution >= 0.6 is 11.3 Å². The molecule has 2 aromatic heterocycles. The van der Waals surface area contributed by atoms with Crippen LogP contribution in [0.2, 0.25) is 0 Å². The number of aromatic nitrogens is 2. The van der Waals surface area contributed by atoms with Crippen LogP contribution in [0.4, 0.5) is 0 Å². The standard InChI is InChI=1S/C23H31N5O3S/c1-23(2,3)17-8-14-16(10-25-17)31-12-15-21(14)32-18(26-15)9-19(29)28-7-6-13(11-27(4)5)20(28)22(24)30/h8,10,13,20H,6-7,9,11-12H2,1-5H3,(H2,24,30)/t13-,20-/m0/s1. The van der Waals surface area contributed by atoms with Crippen LogP contribution in [0.1, 0.15) is 43.6 Å². The Kier molecular flexibility index (Phi) is 5.98. The van der Waals surface area contributed by atoms with E-state index in [9.17, 15) is 9.59 Å². The Balaban J connectivity index is 1.56. The molecule has 1 saturated heterocycles. The van der Waals surface area contributed by atoms with Gasteiger partial charge in [-0.2, -0.15) is 0 Å². The number of ether oxygens (including phenoxy) is 1. The molecule has 1 fully saturated rings. The van der Waals surface area contributed by atoms with Gasteiger partial charge in [0.25, 0.3) is 0 Å². The monoisotopic (exact) mass is 457 g/mol. The number of carbonyl (C=O) groups excluding carboxylic acids is 2. The maximum atomic E-state index is 13.1. The lowest BCUT2D eigenvalue weighted by atomic mass is 9.90. The van der Waals surface area contributed by atoms with E-state index in [2.05, 4.69) is 31.8 Å². The summed E-state index contributed by atoms with van der Waals surface area (Å²) >= 11 is 1.51. The van der Waals surface area contributed by atoms with Crippen molar-refractivity contribution in [1.29, 1.82) is 0 Å². The molecule has 9 heteroatoms. The Morgan fingerprint density at radius 1 is 1.34 bits per heavy atom.